The number of carbonyl (C=O) groups excluding carboxylic acids is 1. The van der Waals surface area contributed by atoms with Crippen LogP contribution < -0.4 is 5.32 Å². The molecule has 0 saturated carbocycles. The maximum atomic E-state index is 13.1. The van der Waals surface area contributed by atoms with Gasteiger partial charge in [-0.15, -0.1) is 0 Å². The van der Waals surface area contributed by atoms with Crippen LogP contribution in [0.15, 0.2) is 47.2 Å². The van der Waals surface area contributed by atoms with Crippen LogP contribution in [0.4, 0.5) is 4.79 Å². The number of amides is 2. The number of nitrogens with one attached hydrogen (secondary N) is 1. The molecule has 1 aromatic heterocycles. The van der Waals surface area contributed by atoms with Crippen molar-refractivity contribution in [3.8, 4) is 0 Å². The van der Waals surface area contributed by atoms with Gasteiger partial charge in [-0.1, -0.05) is 35.5 Å². The van der Waals surface area contributed by atoms with Crippen LogP contribution in [0.3, 0.4) is 0 Å². The predicted molar refractivity (Wildman–Crippen MR) is 105 cm³/mol. The second-order valence-electron chi connectivity index (χ2n) is 8.53. The van der Waals surface area contributed by atoms with Crippen LogP contribution in [0.25, 0.3) is 0 Å². The van der Waals surface area contributed by atoms with E-state index in [4.69, 9.17) is 4.52 Å². The number of carbonyl (C=O) groups is 1. The molecular weight excluding hydrogens is 354 g/mol. The average molecular weight is 381 g/mol. The van der Waals surface area contributed by atoms with Crippen molar-refractivity contribution in [2.75, 3.05) is 46.3 Å². The summed E-state index contributed by atoms with van der Waals surface area (Å²) < 4.78 is 4.89. The van der Waals surface area contributed by atoms with Crippen molar-refractivity contribution in [1.82, 2.24) is 25.2 Å². The van der Waals surface area contributed by atoms with Gasteiger partial charge in [-0.3, -0.25) is 0 Å². The van der Waals surface area contributed by atoms with Crippen LogP contribution >= 0.6 is 0 Å². The maximum Gasteiger partial charge on any atom is 0.317 e. The molecular formula is C21H27N5O2. The van der Waals surface area contributed by atoms with Crippen LogP contribution in [-0.2, 0) is 12.0 Å². The summed E-state index contributed by atoms with van der Waals surface area (Å²) in [5.41, 5.74) is 2.03. The van der Waals surface area contributed by atoms with Gasteiger partial charge in [0.1, 0.15) is 12.0 Å². The van der Waals surface area contributed by atoms with Crippen LogP contribution in [0.2, 0.25) is 0 Å². The molecule has 148 valence electrons. The largest absolute Gasteiger partial charge is 0.364 e. The minimum absolute atomic E-state index is 0.0422. The highest BCUT2D eigenvalue weighted by molar-refractivity contribution is 5.74. The molecule has 4 aliphatic rings. The van der Waals surface area contributed by atoms with E-state index in [9.17, 15) is 4.79 Å². The second kappa shape index (κ2) is 6.90. The minimum atomic E-state index is -0.0662. The molecule has 4 bridgehead atoms. The van der Waals surface area contributed by atoms with E-state index in [-0.39, 0.29) is 17.5 Å². The fraction of sp³-hybridized carbons (Fsp3) is 0.524. The van der Waals surface area contributed by atoms with Gasteiger partial charge in [0.15, 0.2) is 0 Å². The molecule has 2 amide bonds. The summed E-state index contributed by atoms with van der Waals surface area (Å²) in [6.07, 6.45) is 1.54. The van der Waals surface area contributed by atoms with E-state index < -0.39 is 0 Å². The lowest BCUT2D eigenvalue weighted by Gasteiger charge is -2.56. The third-order valence-corrected chi connectivity index (χ3v) is 6.66. The Kier molecular flexibility index (Phi) is 4.36. The number of hydrogen-bond donors (Lipinski definition) is 1. The van der Waals surface area contributed by atoms with Gasteiger partial charge in [0.25, 0.3) is 0 Å². The van der Waals surface area contributed by atoms with E-state index in [0.29, 0.717) is 12.5 Å². The molecule has 6 rings (SSSR count). The van der Waals surface area contributed by atoms with Gasteiger partial charge in [-0.05, 0) is 5.56 Å². The molecule has 4 aliphatic heterocycles. The molecule has 0 radical (unpaired) electrons. The van der Waals surface area contributed by atoms with Gasteiger partial charge in [0.2, 0.25) is 0 Å². The third kappa shape index (κ3) is 2.99. The first-order chi connectivity index (χ1) is 13.6. The van der Waals surface area contributed by atoms with E-state index in [1.807, 2.05) is 7.05 Å². The molecule has 0 spiro atoms. The zero-order chi connectivity index (χ0) is 19.1. The fourth-order valence-corrected chi connectivity index (χ4v) is 5.45. The number of urea groups is 1. The van der Waals surface area contributed by atoms with Crippen LogP contribution in [0.5, 0.6) is 0 Å². The highest BCUT2D eigenvalue weighted by Gasteiger charge is 2.55. The molecule has 3 atom stereocenters. The van der Waals surface area contributed by atoms with Crippen molar-refractivity contribution >= 4 is 6.03 Å². The fourth-order valence-electron chi connectivity index (χ4n) is 5.45. The molecule has 1 aromatic carbocycles. The van der Waals surface area contributed by atoms with E-state index >= 15 is 0 Å². The van der Waals surface area contributed by atoms with Gasteiger partial charge < -0.3 is 24.5 Å². The summed E-state index contributed by atoms with van der Waals surface area (Å²) in [4.78, 5) is 19.9. The number of piperidine rings is 2. The Morgan fingerprint density at radius 2 is 1.93 bits per heavy atom. The second-order valence-corrected chi connectivity index (χ2v) is 8.53. The van der Waals surface area contributed by atoms with Crippen LogP contribution in [-0.4, -0.2) is 78.2 Å². The topological polar surface area (TPSA) is 64.9 Å². The summed E-state index contributed by atoms with van der Waals surface area (Å²) in [5, 5.41) is 7.34. The van der Waals surface area contributed by atoms with E-state index in [1.54, 1.807) is 11.0 Å². The molecule has 7 heteroatoms. The molecule has 7 nitrogen and oxygen atoms in total. The van der Waals surface area contributed by atoms with Crippen LogP contribution in [0, 0.1) is 5.92 Å². The smallest absolute Gasteiger partial charge is 0.317 e. The maximum absolute atomic E-state index is 13.1. The Morgan fingerprint density at radius 1 is 1.21 bits per heavy atom. The molecule has 0 aliphatic carbocycles. The summed E-state index contributed by atoms with van der Waals surface area (Å²) >= 11 is 0. The third-order valence-electron chi connectivity index (χ3n) is 6.66. The zero-order valence-electron chi connectivity index (χ0n) is 16.3. The first kappa shape index (κ1) is 17.7. The number of rotatable bonds is 4. The molecule has 5 heterocycles. The van der Waals surface area contributed by atoms with E-state index in [0.717, 1.165) is 45.0 Å². The average Bonchev–Trinajstić information content (AvgIpc) is 3.08. The van der Waals surface area contributed by atoms with Gasteiger partial charge in [-0.2, -0.15) is 0 Å². The number of benzene rings is 1. The predicted octanol–water partition coefficient (Wildman–Crippen LogP) is 1.38. The minimum Gasteiger partial charge on any atom is -0.364 e. The quantitative estimate of drug-likeness (QED) is 0.867. The summed E-state index contributed by atoms with van der Waals surface area (Å²) in [6.45, 7) is 6.81. The van der Waals surface area contributed by atoms with E-state index in [1.165, 1.54) is 11.8 Å². The first-order valence-electron chi connectivity index (χ1n) is 10.1. The van der Waals surface area contributed by atoms with Crippen molar-refractivity contribution in [2.45, 2.75) is 18.0 Å². The van der Waals surface area contributed by atoms with Crippen molar-refractivity contribution in [3.63, 3.8) is 0 Å². The number of hydrogen-bond acceptors (Lipinski definition) is 5. The van der Waals surface area contributed by atoms with Crippen molar-refractivity contribution in [2.24, 2.45) is 5.92 Å². The number of fused-ring (bicyclic) bond motifs is 1. The molecule has 2 aromatic rings. The standard InChI is InChI=1S/C21H27N5O2/c1-24(13-18-7-10-28-23-18)20(27)22-19-16-11-25-8-9-26(12-16)15-21(19,14-25)17-5-3-2-4-6-17/h2-7,10,16,19H,8-9,11-15H2,1H3,(H,22,27)/t16?,19-,21?/m0/s1. The molecule has 2 unspecified atom stereocenters. The Bertz CT molecular complexity index is 809. The van der Waals surface area contributed by atoms with Crippen molar-refractivity contribution in [1.29, 1.82) is 0 Å². The Morgan fingerprint density at radius 3 is 2.57 bits per heavy atom. The monoisotopic (exact) mass is 381 g/mol. The van der Waals surface area contributed by atoms with Gasteiger partial charge in [0.05, 0.1) is 6.54 Å². The van der Waals surface area contributed by atoms with Crippen molar-refractivity contribution in [3.05, 3.63) is 53.9 Å². The summed E-state index contributed by atoms with van der Waals surface area (Å²) in [7, 11) is 1.81. The van der Waals surface area contributed by atoms with Crippen molar-refractivity contribution < 1.29 is 9.32 Å². The summed E-state index contributed by atoms with van der Waals surface area (Å²) in [5.74, 6) is 0.439. The molecule has 4 fully saturated rings. The lowest BCUT2D eigenvalue weighted by molar-refractivity contribution is 0.0210. The number of nitrogens with zero attached hydrogens (tertiary/aromatic N) is 4. The summed E-state index contributed by atoms with van der Waals surface area (Å²) in [6, 6.07) is 12.6. The Balaban J connectivity index is 1.43. The van der Waals surface area contributed by atoms with Gasteiger partial charge in [0, 0.05) is 69.8 Å². The highest BCUT2D eigenvalue weighted by Crippen LogP contribution is 2.43. The Hall–Kier alpha value is -2.38. The highest BCUT2D eigenvalue weighted by atomic mass is 16.5. The molecule has 4 saturated heterocycles. The normalized spacial score (nSPS) is 33.5. The number of aromatic nitrogens is 1. The van der Waals surface area contributed by atoms with E-state index in [2.05, 4.69) is 50.6 Å². The first-order valence-corrected chi connectivity index (χ1v) is 10.1. The van der Waals surface area contributed by atoms with Gasteiger partial charge in [-0.25, -0.2) is 4.79 Å². The lowest BCUT2D eigenvalue weighted by atomic mass is 9.64. The lowest BCUT2D eigenvalue weighted by Crippen LogP contribution is -2.71. The molecule has 28 heavy (non-hydrogen) atoms. The van der Waals surface area contributed by atoms with Gasteiger partial charge >= 0.3 is 6.03 Å². The van der Waals surface area contributed by atoms with Crippen LogP contribution in [0.1, 0.15) is 11.3 Å². The molecule has 1 N–H and O–H groups in total. The Labute approximate surface area is 165 Å². The SMILES string of the molecule is CN(Cc1ccon1)C(=O)N[C@H]1C2CN3CCN(C2)CC1(c1ccccc1)C3. The zero-order valence-corrected chi connectivity index (χ0v) is 16.3.